The molecular weight excluding hydrogens is 250 g/mol. The number of nitrogens with two attached hydrogens (primary N) is 1. The summed E-state index contributed by atoms with van der Waals surface area (Å²) in [4.78, 5) is 6.83. The highest BCUT2D eigenvalue weighted by Gasteiger charge is 2.17. The van der Waals surface area contributed by atoms with Crippen LogP contribution in [0.2, 0.25) is 0 Å². The molecule has 1 aliphatic carbocycles. The average molecular weight is 273 g/mol. The van der Waals surface area contributed by atoms with Crippen molar-refractivity contribution >= 4 is 16.8 Å². The topological polar surface area (TPSA) is 55.3 Å². The fraction of sp³-hybridized carbons (Fsp3) is 0.562. The summed E-state index contributed by atoms with van der Waals surface area (Å²) in [7, 11) is 2.15. The molecule has 108 valence electrons. The van der Waals surface area contributed by atoms with Crippen molar-refractivity contribution < 1.29 is 4.42 Å². The molecule has 0 atom stereocenters. The van der Waals surface area contributed by atoms with E-state index in [0.717, 1.165) is 36.0 Å². The minimum Gasteiger partial charge on any atom is -0.439 e. The van der Waals surface area contributed by atoms with Crippen LogP contribution in [0.1, 0.15) is 38.0 Å². The lowest BCUT2D eigenvalue weighted by Crippen LogP contribution is -2.26. The van der Waals surface area contributed by atoms with Crippen molar-refractivity contribution in [3.05, 3.63) is 24.1 Å². The first kappa shape index (κ1) is 13.4. The van der Waals surface area contributed by atoms with Gasteiger partial charge in [0, 0.05) is 6.54 Å². The molecule has 4 heteroatoms. The number of benzene rings is 1. The molecule has 3 rings (SSSR count). The van der Waals surface area contributed by atoms with Crippen LogP contribution in [0.4, 0.5) is 5.69 Å². The minimum atomic E-state index is 0.687. The van der Waals surface area contributed by atoms with Crippen molar-refractivity contribution in [1.82, 2.24) is 9.88 Å². The third kappa shape index (κ3) is 2.96. The average Bonchev–Trinajstić information content (AvgIpc) is 2.83. The van der Waals surface area contributed by atoms with Crippen LogP contribution >= 0.6 is 0 Å². The molecule has 1 heterocycles. The van der Waals surface area contributed by atoms with Gasteiger partial charge in [-0.25, -0.2) is 4.98 Å². The molecule has 0 amide bonds. The highest BCUT2D eigenvalue weighted by atomic mass is 16.3. The Morgan fingerprint density at radius 1 is 1.30 bits per heavy atom. The lowest BCUT2D eigenvalue weighted by Gasteiger charge is -2.26. The van der Waals surface area contributed by atoms with Gasteiger partial charge < -0.3 is 10.2 Å². The van der Waals surface area contributed by atoms with Crippen molar-refractivity contribution in [1.29, 1.82) is 0 Å². The van der Waals surface area contributed by atoms with Crippen LogP contribution in [0, 0.1) is 5.92 Å². The van der Waals surface area contributed by atoms with Gasteiger partial charge in [0.25, 0.3) is 0 Å². The maximum absolute atomic E-state index is 5.91. The number of rotatable bonds is 4. The highest BCUT2D eigenvalue weighted by Crippen LogP contribution is 2.25. The summed E-state index contributed by atoms with van der Waals surface area (Å²) in [5.74, 6) is 1.60. The van der Waals surface area contributed by atoms with Gasteiger partial charge in [-0.3, -0.25) is 4.90 Å². The summed E-state index contributed by atoms with van der Waals surface area (Å²) in [6, 6.07) is 5.68. The van der Waals surface area contributed by atoms with E-state index >= 15 is 0 Å². The number of nitrogen functional groups attached to an aromatic ring is 1. The molecule has 1 saturated carbocycles. The van der Waals surface area contributed by atoms with Crippen LogP contribution in [0.15, 0.2) is 22.6 Å². The quantitative estimate of drug-likeness (QED) is 0.867. The van der Waals surface area contributed by atoms with Crippen molar-refractivity contribution in [2.75, 3.05) is 19.3 Å². The van der Waals surface area contributed by atoms with Crippen LogP contribution in [-0.2, 0) is 6.54 Å². The van der Waals surface area contributed by atoms with E-state index < -0.39 is 0 Å². The number of hydrogen-bond acceptors (Lipinski definition) is 4. The third-order valence-electron chi connectivity index (χ3n) is 4.19. The first-order valence-electron chi connectivity index (χ1n) is 7.55. The monoisotopic (exact) mass is 273 g/mol. The number of nitrogens with zero attached hydrogens (tertiary/aromatic N) is 2. The summed E-state index contributed by atoms with van der Waals surface area (Å²) >= 11 is 0. The largest absolute Gasteiger partial charge is 0.439 e. The standard InChI is InChI=1S/C16H23N3O/c1-19(10-12-6-3-2-4-7-12)11-15-18-16-13(17)8-5-9-14(16)20-15/h5,8-9,12H,2-4,6-7,10-11,17H2,1H3. The Labute approximate surface area is 120 Å². The van der Waals surface area contributed by atoms with Gasteiger partial charge in [-0.05, 0) is 37.9 Å². The zero-order valence-corrected chi connectivity index (χ0v) is 12.1. The molecule has 20 heavy (non-hydrogen) atoms. The number of aromatic nitrogens is 1. The lowest BCUT2D eigenvalue weighted by molar-refractivity contribution is 0.214. The summed E-state index contributed by atoms with van der Waals surface area (Å²) in [6.07, 6.45) is 6.91. The molecule has 1 aromatic heterocycles. The van der Waals surface area contributed by atoms with E-state index in [-0.39, 0.29) is 0 Å². The Bertz CT molecular complexity index is 572. The van der Waals surface area contributed by atoms with Crippen LogP contribution in [0.5, 0.6) is 0 Å². The molecule has 0 radical (unpaired) electrons. The Morgan fingerprint density at radius 3 is 2.85 bits per heavy atom. The Morgan fingerprint density at radius 2 is 2.10 bits per heavy atom. The van der Waals surface area contributed by atoms with Crippen LogP contribution in [-0.4, -0.2) is 23.5 Å². The van der Waals surface area contributed by atoms with Gasteiger partial charge in [0.1, 0.15) is 5.52 Å². The SMILES string of the molecule is CN(Cc1nc2c(N)cccc2o1)CC1CCCCC1. The second-order valence-electron chi connectivity index (χ2n) is 6.00. The summed E-state index contributed by atoms with van der Waals surface area (Å²) < 4.78 is 5.78. The second kappa shape index (κ2) is 5.83. The van der Waals surface area contributed by atoms with Crippen molar-refractivity contribution in [3.63, 3.8) is 0 Å². The molecule has 0 saturated heterocycles. The molecule has 2 N–H and O–H groups in total. The first-order chi connectivity index (χ1) is 9.72. The first-order valence-corrected chi connectivity index (χ1v) is 7.55. The Kier molecular flexibility index (Phi) is 3.92. The van der Waals surface area contributed by atoms with E-state index in [0.29, 0.717) is 5.69 Å². The predicted octanol–water partition coefficient (Wildman–Crippen LogP) is 3.42. The molecule has 2 aromatic rings. The summed E-state index contributed by atoms with van der Waals surface area (Å²) in [5, 5.41) is 0. The van der Waals surface area contributed by atoms with Gasteiger partial charge in [0.2, 0.25) is 5.89 Å². The van der Waals surface area contributed by atoms with Crippen molar-refractivity contribution in [3.8, 4) is 0 Å². The molecule has 1 aromatic carbocycles. The molecular formula is C16H23N3O. The van der Waals surface area contributed by atoms with Crippen LogP contribution in [0.25, 0.3) is 11.1 Å². The molecule has 0 bridgehead atoms. The number of oxazole rings is 1. The Hall–Kier alpha value is -1.55. The van der Waals surface area contributed by atoms with Crippen molar-refractivity contribution in [2.45, 2.75) is 38.6 Å². The molecule has 1 aliphatic rings. The molecule has 1 fully saturated rings. The van der Waals surface area contributed by atoms with Gasteiger partial charge in [-0.1, -0.05) is 25.3 Å². The van der Waals surface area contributed by atoms with E-state index in [1.165, 1.54) is 32.1 Å². The van der Waals surface area contributed by atoms with E-state index in [1.807, 2.05) is 18.2 Å². The second-order valence-corrected chi connectivity index (χ2v) is 6.00. The van der Waals surface area contributed by atoms with E-state index in [4.69, 9.17) is 10.2 Å². The Balaban J connectivity index is 1.64. The summed E-state index contributed by atoms with van der Waals surface area (Å²) in [6.45, 7) is 1.89. The minimum absolute atomic E-state index is 0.687. The number of para-hydroxylation sites is 1. The van der Waals surface area contributed by atoms with Crippen LogP contribution in [0.3, 0.4) is 0 Å². The van der Waals surface area contributed by atoms with Gasteiger partial charge in [-0.15, -0.1) is 0 Å². The third-order valence-corrected chi connectivity index (χ3v) is 4.19. The highest BCUT2D eigenvalue weighted by molar-refractivity contribution is 5.85. The zero-order valence-electron chi connectivity index (χ0n) is 12.1. The molecule has 0 unspecified atom stereocenters. The maximum Gasteiger partial charge on any atom is 0.209 e. The maximum atomic E-state index is 5.91. The molecule has 0 spiro atoms. The smallest absolute Gasteiger partial charge is 0.209 e. The van der Waals surface area contributed by atoms with Gasteiger partial charge in [0.05, 0.1) is 12.2 Å². The van der Waals surface area contributed by atoms with E-state index in [2.05, 4.69) is 16.9 Å². The van der Waals surface area contributed by atoms with Crippen molar-refractivity contribution in [2.24, 2.45) is 5.92 Å². The van der Waals surface area contributed by atoms with Crippen LogP contribution < -0.4 is 5.73 Å². The predicted molar refractivity (Wildman–Crippen MR) is 81.3 cm³/mol. The normalized spacial score (nSPS) is 17.1. The molecule has 0 aliphatic heterocycles. The number of hydrogen-bond donors (Lipinski definition) is 1. The van der Waals surface area contributed by atoms with Gasteiger partial charge in [0.15, 0.2) is 5.58 Å². The molecule has 4 nitrogen and oxygen atoms in total. The zero-order chi connectivity index (χ0) is 13.9. The van der Waals surface area contributed by atoms with Gasteiger partial charge in [-0.2, -0.15) is 0 Å². The fourth-order valence-corrected chi connectivity index (χ4v) is 3.19. The van der Waals surface area contributed by atoms with E-state index in [1.54, 1.807) is 0 Å². The number of anilines is 1. The number of fused-ring (bicyclic) bond motifs is 1. The summed E-state index contributed by atoms with van der Waals surface area (Å²) in [5.41, 5.74) is 8.17. The lowest BCUT2D eigenvalue weighted by atomic mass is 9.89. The van der Waals surface area contributed by atoms with Gasteiger partial charge >= 0.3 is 0 Å². The fourth-order valence-electron chi connectivity index (χ4n) is 3.19. The van der Waals surface area contributed by atoms with E-state index in [9.17, 15) is 0 Å².